The molecular weight excluding hydrogens is 343 g/mol. The third-order valence-electron chi connectivity index (χ3n) is 2.67. The third kappa shape index (κ3) is 2.24. The van der Waals surface area contributed by atoms with Crippen LogP contribution in [0.1, 0.15) is 13.8 Å². The second-order valence-electron chi connectivity index (χ2n) is 3.89. The highest BCUT2D eigenvalue weighted by Gasteiger charge is 2.64. The van der Waals surface area contributed by atoms with Crippen LogP contribution in [-0.4, -0.2) is 14.4 Å². The zero-order valence-corrected chi connectivity index (χ0v) is 11.8. The highest BCUT2D eigenvalue weighted by molar-refractivity contribution is 9.13. The highest BCUT2D eigenvalue weighted by Crippen LogP contribution is 2.64. The van der Waals surface area contributed by atoms with Crippen LogP contribution in [0.15, 0.2) is 0 Å². The minimum Gasteiger partial charge on any atom is -0.291 e. The molecule has 0 aromatic rings. The average molecular weight is 352 g/mol. The van der Waals surface area contributed by atoms with Gasteiger partial charge in [-0.15, -0.1) is 0 Å². The standard InChI is InChI=1S/C8H9Br2Cl2O/c1-7(2)4(3-13)5(7)6(9)8(10,11)12/h4-6H,1-2H3. The largest absolute Gasteiger partial charge is 0.291 e. The van der Waals surface area contributed by atoms with Crippen LogP contribution < -0.4 is 0 Å². The molecule has 1 nitrogen and oxygen atoms in total. The van der Waals surface area contributed by atoms with Crippen LogP contribution in [0.5, 0.6) is 0 Å². The molecule has 1 aliphatic carbocycles. The van der Waals surface area contributed by atoms with Gasteiger partial charge in [-0.2, -0.15) is 0 Å². The van der Waals surface area contributed by atoms with Crippen molar-refractivity contribution in [1.29, 1.82) is 0 Å². The van der Waals surface area contributed by atoms with Crippen LogP contribution in [0.3, 0.4) is 0 Å². The monoisotopic (exact) mass is 349 g/mol. The fourth-order valence-corrected chi connectivity index (χ4v) is 3.20. The molecule has 13 heavy (non-hydrogen) atoms. The summed E-state index contributed by atoms with van der Waals surface area (Å²) in [6.45, 7) is 4.02. The van der Waals surface area contributed by atoms with E-state index < -0.39 is 3.24 Å². The first kappa shape index (κ1) is 12.3. The van der Waals surface area contributed by atoms with Gasteiger partial charge in [0, 0.05) is 5.92 Å². The summed E-state index contributed by atoms with van der Waals surface area (Å²) in [6, 6.07) is 0. The molecule has 1 rings (SSSR count). The van der Waals surface area contributed by atoms with Gasteiger partial charge < -0.3 is 0 Å². The number of hydrogen-bond acceptors (Lipinski definition) is 1. The molecule has 1 radical (unpaired) electrons. The van der Waals surface area contributed by atoms with Crippen molar-refractivity contribution in [1.82, 2.24) is 0 Å². The van der Waals surface area contributed by atoms with Crippen molar-refractivity contribution in [2.24, 2.45) is 17.3 Å². The molecule has 0 aromatic carbocycles. The van der Waals surface area contributed by atoms with Crippen LogP contribution in [0, 0.1) is 17.3 Å². The second kappa shape index (κ2) is 3.66. The zero-order valence-electron chi connectivity index (χ0n) is 7.15. The lowest BCUT2D eigenvalue weighted by Crippen LogP contribution is -2.22. The molecule has 1 aliphatic rings. The maximum Gasteiger partial charge on any atom is 0.202 e. The molecule has 3 unspecified atom stereocenters. The van der Waals surface area contributed by atoms with Crippen molar-refractivity contribution in [2.45, 2.75) is 21.9 Å². The Labute approximate surface area is 105 Å². The van der Waals surface area contributed by atoms with Crippen LogP contribution in [0.2, 0.25) is 0 Å². The number of halogens is 4. The number of alkyl halides is 4. The highest BCUT2D eigenvalue weighted by atomic mass is 79.9. The van der Waals surface area contributed by atoms with Gasteiger partial charge in [-0.05, 0) is 27.3 Å². The van der Waals surface area contributed by atoms with Gasteiger partial charge in [-0.1, -0.05) is 53.0 Å². The summed E-state index contributed by atoms with van der Waals surface area (Å²) in [6.07, 6.45) is 2.01. The van der Waals surface area contributed by atoms with Crippen LogP contribution >= 0.6 is 55.1 Å². The maximum atomic E-state index is 10.6. The Morgan fingerprint density at radius 3 is 2.23 bits per heavy atom. The van der Waals surface area contributed by atoms with E-state index in [0.29, 0.717) is 0 Å². The molecule has 0 spiro atoms. The molecule has 0 saturated heterocycles. The van der Waals surface area contributed by atoms with Crippen molar-refractivity contribution in [3.63, 3.8) is 0 Å². The Morgan fingerprint density at radius 2 is 2.00 bits per heavy atom. The molecule has 0 heterocycles. The Bertz CT molecular complexity index is 225. The van der Waals surface area contributed by atoms with E-state index in [1.54, 1.807) is 0 Å². The Balaban J connectivity index is 2.72. The van der Waals surface area contributed by atoms with E-state index in [4.69, 9.17) is 23.2 Å². The number of hydrogen-bond donors (Lipinski definition) is 0. The lowest BCUT2D eigenvalue weighted by molar-refractivity contribution is 0.524. The van der Waals surface area contributed by atoms with Crippen molar-refractivity contribution in [3.8, 4) is 0 Å². The maximum absolute atomic E-state index is 10.6. The molecule has 0 aromatic heterocycles. The first-order valence-corrected chi connectivity index (χ1v) is 6.28. The predicted molar refractivity (Wildman–Crippen MR) is 62.5 cm³/mol. The van der Waals surface area contributed by atoms with Gasteiger partial charge in [0.25, 0.3) is 0 Å². The van der Waals surface area contributed by atoms with Gasteiger partial charge in [0.15, 0.2) is 3.24 Å². The van der Waals surface area contributed by atoms with Crippen molar-refractivity contribution in [3.05, 3.63) is 0 Å². The van der Waals surface area contributed by atoms with E-state index in [2.05, 4.69) is 31.9 Å². The summed E-state index contributed by atoms with van der Waals surface area (Å²) in [5, 5.41) is 0. The number of rotatable bonds is 3. The molecule has 5 heteroatoms. The molecule has 75 valence electrons. The Morgan fingerprint density at radius 1 is 1.54 bits per heavy atom. The summed E-state index contributed by atoms with van der Waals surface area (Å²) in [5.41, 5.74) is -0.0568. The van der Waals surface area contributed by atoms with Gasteiger partial charge in [-0.25, -0.2) is 0 Å². The van der Waals surface area contributed by atoms with Gasteiger partial charge in [0.05, 0.1) is 4.83 Å². The molecule has 0 amide bonds. The lowest BCUT2D eigenvalue weighted by atomic mass is 10.1. The third-order valence-corrected chi connectivity index (χ3v) is 6.03. The van der Waals surface area contributed by atoms with E-state index in [0.717, 1.165) is 0 Å². The van der Waals surface area contributed by atoms with Gasteiger partial charge in [-0.3, -0.25) is 4.79 Å². The number of carbonyl (C=O) groups excluding carboxylic acids is 1. The van der Waals surface area contributed by atoms with E-state index >= 15 is 0 Å². The summed E-state index contributed by atoms with van der Waals surface area (Å²) < 4.78 is -1.03. The quantitative estimate of drug-likeness (QED) is 0.709. The minimum atomic E-state index is -1.03. The SMILES string of the molecule is CC1(C)C([C]=O)C1C(Br)C(Cl)(Cl)Br. The first-order chi connectivity index (χ1) is 5.73. The van der Waals surface area contributed by atoms with Gasteiger partial charge in [0.2, 0.25) is 6.29 Å². The van der Waals surface area contributed by atoms with Crippen molar-refractivity contribution >= 4 is 61.3 Å². The molecule has 1 fully saturated rings. The van der Waals surface area contributed by atoms with Crippen molar-refractivity contribution in [2.75, 3.05) is 0 Å². The summed E-state index contributed by atoms with van der Waals surface area (Å²) >= 11 is 18.3. The molecule has 3 atom stereocenters. The van der Waals surface area contributed by atoms with Crippen LogP contribution in [0.25, 0.3) is 0 Å². The fourth-order valence-electron chi connectivity index (χ4n) is 1.65. The summed E-state index contributed by atoms with van der Waals surface area (Å²) in [4.78, 5) is 10.4. The van der Waals surface area contributed by atoms with Gasteiger partial charge in [0.1, 0.15) is 0 Å². The first-order valence-electron chi connectivity index (χ1n) is 3.81. The average Bonchev–Trinajstić information content (AvgIpc) is 2.49. The molecule has 0 aliphatic heterocycles. The molecule has 0 bridgehead atoms. The molecular formula is C8H9Br2Cl2O. The second-order valence-corrected chi connectivity index (χ2v) is 8.42. The van der Waals surface area contributed by atoms with Crippen LogP contribution in [0.4, 0.5) is 0 Å². The van der Waals surface area contributed by atoms with E-state index in [1.165, 1.54) is 0 Å². The van der Waals surface area contributed by atoms with Gasteiger partial charge >= 0.3 is 0 Å². The fraction of sp³-hybridized carbons (Fsp3) is 0.875. The van der Waals surface area contributed by atoms with E-state index in [9.17, 15) is 4.79 Å². The van der Waals surface area contributed by atoms with E-state index in [1.807, 2.05) is 20.1 Å². The lowest BCUT2D eigenvalue weighted by Gasteiger charge is -2.19. The Hall–Kier alpha value is 1.21. The summed E-state index contributed by atoms with van der Waals surface area (Å²) in [5.74, 6) is 0.0608. The molecule has 1 saturated carbocycles. The molecule has 0 N–H and O–H groups in total. The van der Waals surface area contributed by atoms with Crippen LogP contribution in [-0.2, 0) is 4.79 Å². The van der Waals surface area contributed by atoms with Crippen molar-refractivity contribution < 1.29 is 4.79 Å². The normalized spacial score (nSPS) is 34.0. The zero-order chi connectivity index (χ0) is 10.4. The minimum absolute atomic E-state index is 0.0568. The predicted octanol–water partition coefficient (Wildman–Crippen LogP) is 3.66. The topological polar surface area (TPSA) is 17.1 Å². The van der Waals surface area contributed by atoms with E-state index in [-0.39, 0.29) is 22.1 Å². The summed E-state index contributed by atoms with van der Waals surface area (Å²) in [7, 11) is 0. The smallest absolute Gasteiger partial charge is 0.202 e. The Kier molecular flexibility index (Phi) is 3.45.